The molecule has 1 aromatic rings. The van der Waals surface area contributed by atoms with Crippen molar-refractivity contribution in [2.45, 2.75) is 51.9 Å². The first-order chi connectivity index (χ1) is 17.4. The largest absolute Gasteiger partial charge is 0.468 e. The number of amides is 2. The van der Waals surface area contributed by atoms with Crippen molar-refractivity contribution >= 4 is 24.0 Å². The van der Waals surface area contributed by atoms with Crippen molar-refractivity contribution < 1.29 is 19.1 Å². The van der Waals surface area contributed by atoms with Crippen LogP contribution in [0.1, 0.15) is 62.2 Å². The average Bonchev–Trinajstić information content (AvgIpc) is 2.87. The van der Waals surface area contributed by atoms with Gasteiger partial charge >= 0.3 is 0 Å². The molecule has 1 aliphatic rings. The van der Waals surface area contributed by atoms with Gasteiger partial charge in [0.05, 0.1) is 24.5 Å². The number of nitrogens with zero attached hydrogens (tertiary/aromatic N) is 1. The number of anilines is 1. The molecular formula is C26H42N6O4. The number of carbonyl (C=O) groups excluding carboxylic acids is 3. The summed E-state index contributed by atoms with van der Waals surface area (Å²) in [5.74, 6) is 6.95. The van der Waals surface area contributed by atoms with Crippen molar-refractivity contribution in [1.82, 2.24) is 16.0 Å². The molecule has 2 amide bonds. The van der Waals surface area contributed by atoms with E-state index in [0.717, 1.165) is 55.6 Å². The van der Waals surface area contributed by atoms with Gasteiger partial charge in [0.25, 0.3) is 12.4 Å². The van der Waals surface area contributed by atoms with Gasteiger partial charge in [0.2, 0.25) is 5.91 Å². The number of hydrazine groups is 1. The molecule has 1 aliphatic carbocycles. The fourth-order valence-electron chi connectivity index (χ4n) is 4.33. The third-order valence-electron chi connectivity index (χ3n) is 6.67. The van der Waals surface area contributed by atoms with Crippen molar-refractivity contribution in [2.75, 3.05) is 38.3 Å². The zero-order valence-corrected chi connectivity index (χ0v) is 21.6. The van der Waals surface area contributed by atoms with Crippen molar-refractivity contribution in [1.29, 1.82) is 0 Å². The van der Waals surface area contributed by atoms with Crippen molar-refractivity contribution in [2.24, 2.45) is 23.4 Å². The van der Waals surface area contributed by atoms with Crippen LogP contribution in [0.3, 0.4) is 0 Å². The van der Waals surface area contributed by atoms with Crippen LogP contribution in [-0.4, -0.2) is 51.6 Å². The summed E-state index contributed by atoms with van der Waals surface area (Å²) >= 11 is 0. The molecule has 0 aliphatic heterocycles. The molecule has 2 unspecified atom stereocenters. The van der Waals surface area contributed by atoms with Crippen LogP contribution in [0.5, 0.6) is 0 Å². The number of nitrogens with two attached hydrogens (primary N) is 2. The fourth-order valence-corrected chi connectivity index (χ4v) is 4.33. The smallest absolute Gasteiger partial charge is 0.293 e. The number of nitrogens with one attached hydrogen (secondary N) is 3. The molecule has 0 saturated carbocycles. The molecule has 0 heterocycles. The summed E-state index contributed by atoms with van der Waals surface area (Å²) in [5.41, 5.74) is 9.34. The van der Waals surface area contributed by atoms with Gasteiger partial charge in [0, 0.05) is 24.4 Å². The number of hydrogen-bond donors (Lipinski definition) is 5. The molecule has 10 heteroatoms. The molecule has 36 heavy (non-hydrogen) atoms. The predicted molar refractivity (Wildman–Crippen MR) is 141 cm³/mol. The zero-order valence-electron chi connectivity index (χ0n) is 21.6. The molecular weight excluding hydrogens is 460 g/mol. The van der Waals surface area contributed by atoms with Gasteiger partial charge in [-0.05, 0) is 88.1 Å². The highest BCUT2D eigenvalue weighted by atomic mass is 16.5. The predicted octanol–water partition coefficient (Wildman–Crippen LogP) is 1.77. The quantitative estimate of drug-likeness (QED) is 0.112. The molecule has 2 atom stereocenters. The summed E-state index contributed by atoms with van der Waals surface area (Å²) < 4.78 is 4.99. The lowest BCUT2D eigenvalue weighted by atomic mass is 9.83. The minimum absolute atomic E-state index is 0.0109. The first kappa shape index (κ1) is 29.1. The number of rotatable bonds is 14. The molecule has 0 radical (unpaired) electrons. The molecule has 7 N–H and O–H groups in total. The third kappa shape index (κ3) is 9.50. The van der Waals surface area contributed by atoms with Crippen molar-refractivity contribution in [3.05, 3.63) is 41.2 Å². The summed E-state index contributed by atoms with van der Waals surface area (Å²) in [5, 5.41) is 10.2. The highest BCUT2D eigenvalue weighted by Gasteiger charge is 2.24. The Balaban J connectivity index is 1.82. The Morgan fingerprint density at radius 3 is 2.44 bits per heavy atom. The summed E-state index contributed by atoms with van der Waals surface area (Å²) in [7, 11) is 1.74. The number of benzene rings is 1. The lowest BCUT2D eigenvalue weighted by molar-refractivity contribution is -0.130. The van der Waals surface area contributed by atoms with E-state index in [-0.39, 0.29) is 17.7 Å². The fraction of sp³-hybridized carbons (Fsp3) is 0.577. The number of unbranched alkanes of at least 4 members (excludes halogenated alkanes) is 2. The Morgan fingerprint density at radius 1 is 1.08 bits per heavy atom. The van der Waals surface area contributed by atoms with Crippen molar-refractivity contribution in [3.63, 3.8) is 0 Å². The van der Waals surface area contributed by atoms with Crippen LogP contribution in [0, 0.1) is 11.8 Å². The highest BCUT2D eigenvalue weighted by molar-refractivity contribution is 5.94. The van der Waals surface area contributed by atoms with Crippen LogP contribution in [0.25, 0.3) is 0 Å². The second kappa shape index (κ2) is 15.8. The van der Waals surface area contributed by atoms with Gasteiger partial charge in [-0.1, -0.05) is 6.92 Å². The van der Waals surface area contributed by atoms with Crippen molar-refractivity contribution in [3.8, 4) is 0 Å². The van der Waals surface area contributed by atoms with E-state index in [1.54, 1.807) is 24.2 Å². The Bertz CT molecular complexity index is 874. The topological polar surface area (TPSA) is 152 Å². The summed E-state index contributed by atoms with van der Waals surface area (Å²) in [4.78, 5) is 34.4. The number of carbonyl (C=O) groups is 3. The van der Waals surface area contributed by atoms with Crippen LogP contribution in [0.4, 0.5) is 5.69 Å². The molecule has 0 fully saturated rings. The van der Waals surface area contributed by atoms with Crippen LogP contribution in [0.2, 0.25) is 0 Å². The van der Waals surface area contributed by atoms with Crippen LogP contribution < -0.4 is 32.5 Å². The maximum atomic E-state index is 12.5. The van der Waals surface area contributed by atoms with E-state index >= 15 is 0 Å². The van der Waals surface area contributed by atoms with Gasteiger partial charge in [0.15, 0.2) is 0 Å². The molecule has 0 spiro atoms. The van der Waals surface area contributed by atoms with Crippen LogP contribution in [-0.2, 0) is 14.3 Å². The van der Waals surface area contributed by atoms with Crippen LogP contribution in [0.15, 0.2) is 35.7 Å². The Kier molecular flexibility index (Phi) is 12.8. The van der Waals surface area contributed by atoms with E-state index in [1.165, 1.54) is 0 Å². The lowest BCUT2D eigenvalue weighted by Crippen LogP contribution is -2.34. The van der Waals surface area contributed by atoms with E-state index in [4.69, 9.17) is 16.3 Å². The van der Waals surface area contributed by atoms with Crippen LogP contribution >= 0.6 is 0 Å². The number of hydrogen-bond acceptors (Lipinski definition) is 8. The molecule has 2 rings (SSSR count). The highest BCUT2D eigenvalue weighted by Crippen LogP contribution is 2.31. The van der Waals surface area contributed by atoms with Gasteiger partial charge in [-0.3, -0.25) is 19.4 Å². The lowest BCUT2D eigenvalue weighted by Gasteiger charge is -2.30. The number of likely N-dealkylation sites (N-methyl/N-ethyl adjacent to an activating group) is 1. The second-order valence-corrected chi connectivity index (χ2v) is 9.33. The molecule has 200 valence electrons. The van der Waals surface area contributed by atoms with E-state index in [9.17, 15) is 14.4 Å². The van der Waals surface area contributed by atoms with Gasteiger partial charge < -0.3 is 26.4 Å². The number of allylic oxidation sites excluding steroid dienone is 2. The second-order valence-electron chi connectivity index (χ2n) is 9.33. The molecule has 0 saturated heterocycles. The first-order valence-electron chi connectivity index (χ1n) is 12.7. The maximum absolute atomic E-state index is 12.5. The molecule has 0 bridgehead atoms. The Hall–Kier alpha value is -3.11. The van der Waals surface area contributed by atoms with E-state index in [1.807, 2.05) is 12.1 Å². The SMILES string of the molecule is CNCC(=O)NCCCCCNC(=O)c1ccc(N(N)/C2=C(\N)CCC(COC=O)C(C)CC2)cc1. The summed E-state index contributed by atoms with van der Waals surface area (Å²) in [6.45, 7) is 4.61. The van der Waals surface area contributed by atoms with E-state index in [2.05, 4.69) is 22.9 Å². The molecule has 1 aromatic carbocycles. The van der Waals surface area contributed by atoms with Gasteiger partial charge in [-0.2, -0.15) is 0 Å². The molecule has 0 aromatic heterocycles. The first-order valence-corrected chi connectivity index (χ1v) is 12.7. The minimum Gasteiger partial charge on any atom is -0.468 e. The summed E-state index contributed by atoms with van der Waals surface area (Å²) in [6, 6.07) is 7.17. The van der Waals surface area contributed by atoms with E-state index in [0.29, 0.717) is 50.6 Å². The average molecular weight is 503 g/mol. The van der Waals surface area contributed by atoms with Gasteiger partial charge in [-0.25, -0.2) is 5.84 Å². The summed E-state index contributed by atoms with van der Waals surface area (Å²) in [6.07, 6.45) is 5.77. The zero-order chi connectivity index (χ0) is 26.3. The normalized spacial score (nSPS) is 20.1. The van der Waals surface area contributed by atoms with Gasteiger partial charge in [-0.15, -0.1) is 0 Å². The molecule has 10 nitrogen and oxygen atoms in total. The Labute approximate surface area is 214 Å². The minimum atomic E-state index is -0.130. The third-order valence-corrected chi connectivity index (χ3v) is 6.67. The Morgan fingerprint density at radius 2 is 1.78 bits per heavy atom. The number of ether oxygens (including phenoxy) is 1. The monoisotopic (exact) mass is 502 g/mol. The van der Waals surface area contributed by atoms with E-state index < -0.39 is 0 Å². The van der Waals surface area contributed by atoms with Gasteiger partial charge in [0.1, 0.15) is 0 Å². The standard InChI is InChI=1S/C26H42N6O4/c1-19-6-13-24(23(27)12-9-21(19)17-36-18-33)32(28)22-10-7-20(8-11-22)26(35)31-15-5-3-4-14-30-25(34)16-29-2/h7-8,10-11,18-19,21,29H,3-6,9,12-17,27-28H2,1-2H3,(H,30,34)(H,31,35)/b24-23-. The maximum Gasteiger partial charge on any atom is 0.293 e.